The zero-order valence-electron chi connectivity index (χ0n) is 24.2. The number of aryl methyl sites for hydroxylation is 2. The first-order valence-corrected chi connectivity index (χ1v) is 13.9. The van der Waals surface area contributed by atoms with E-state index in [4.69, 9.17) is 5.41 Å². The number of H-pyrrole nitrogens is 1. The number of carbonyl (C=O) groups excluding carboxylic acids is 2. The van der Waals surface area contributed by atoms with Crippen LogP contribution in [-0.2, 0) is 11.3 Å². The van der Waals surface area contributed by atoms with E-state index in [-0.39, 0.29) is 36.0 Å². The number of hydrogen-bond donors (Lipinski definition) is 4. The molecule has 8 heteroatoms. The van der Waals surface area contributed by atoms with Crippen molar-refractivity contribution in [1.82, 2.24) is 15.6 Å². The van der Waals surface area contributed by atoms with Crippen molar-refractivity contribution < 1.29 is 9.59 Å². The minimum absolute atomic E-state index is 0.00636. The van der Waals surface area contributed by atoms with Gasteiger partial charge in [-0.1, -0.05) is 19.4 Å². The molecule has 1 aliphatic carbocycles. The van der Waals surface area contributed by atoms with Gasteiger partial charge in [0.05, 0.1) is 0 Å². The fourth-order valence-corrected chi connectivity index (χ4v) is 5.48. The lowest BCUT2D eigenvalue weighted by atomic mass is 9.89. The number of allylic oxidation sites excluding steroid dienone is 2. The van der Waals surface area contributed by atoms with E-state index < -0.39 is 0 Å². The van der Waals surface area contributed by atoms with Gasteiger partial charge in [0.25, 0.3) is 11.5 Å². The largest absolute Gasteiger partial charge is 0.371 e. The van der Waals surface area contributed by atoms with E-state index >= 15 is 0 Å². The molecule has 210 valence electrons. The molecule has 0 bridgehead atoms. The normalized spacial score (nSPS) is 17.4. The molecule has 4 N–H and O–H groups in total. The average Bonchev–Trinajstić information content (AvgIpc) is 2.88. The fraction of sp³-hybridized carbons (Fsp3) is 0.484. The number of unbranched alkanes of at least 4 members (excludes halogenated alkanes) is 1. The highest BCUT2D eigenvalue weighted by Crippen LogP contribution is 2.33. The lowest BCUT2D eigenvalue weighted by molar-refractivity contribution is -0.119. The van der Waals surface area contributed by atoms with E-state index in [9.17, 15) is 14.4 Å². The van der Waals surface area contributed by atoms with Crippen LogP contribution in [0.5, 0.6) is 0 Å². The number of pyridine rings is 1. The Hall–Kier alpha value is -3.68. The molecule has 0 atom stereocenters. The molecule has 0 radical (unpaired) electrons. The molecule has 1 fully saturated rings. The van der Waals surface area contributed by atoms with Crippen molar-refractivity contribution in [2.45, 2.75) is 91.8 Å². The van der Waals surface area contributed by atoms with Crippen molar-refractivity contribution in [3.8, 4) is 0 Å². The number of benzene rings is 1. The number of anilines is 1. The molecule has 8 nitrogen and oxygen atoms in total. The van der Waals surface area contributed by atoms with Crippen molar-refractivity contribution in [3.05, 3.63) is 68.1 Å². The summed E-state index contributed by atoms with van der Waals surface area (Å²) in [6, 6.07) is 6.31. The number of nitrogens with zero attached hydrogens (tertiary/aromatic N) is 1. The molecule has 1 aromatic carbocycles. The van der Waals surface area contributed by atoms with Crippen LogP contribution in [0, 0.1) is 26.2 Å². The Morgan fingerprint density at radius 3 is 2.41 bits per heavy atom. The predicted molar refractivity (Wildman–Crippen MR) is 159 cm³/mol. The Morgan fingerprint density at radius 1 is 1.13 bits per heavy atom. The number of aromatic amines is 1. The Morgan fingerprint density at radius 2 is 1.82 bits per heavy atom. The number of carbonyl (C=O) groups is 2. The molecule has 0 unspecified atom stereocenters. The van der Waals surface area contributed by atoms with Crippen LogP contribution in [0.25, 0.3) is 5.57 Å². The molecule has 1 heterocycles. The third-order valence-corrected chi connectivity index (χ3v) is 7.72. The minimum atomic E-state index is -0.252. The lowest BCUT2D eigenvalue weighted by Gasteiger charge is -2.37. The highest BCUT2D eigenvalue weighted by molar-refractivity contribution is 6.10. The molecule has 3 rings (SSSR count). The quantitative estimate of drug-likeness (QED) is 0.323. The standard InChI is InChI=1S/C31H43N5O3/c1-7-8-9-23(17-32)24-15-27(30(38)33-18-28-19(2)14-20(3)34-31(28)39)21(4)29(16-24)36(6)26-12-10-25(11-13-26)35-22(5)37/h9,14-17,25-26,32H,7-8,10-13,18H2,1-6H3,(H,33,38)(H,34,39)(H,35,37)/b23-9+,32-17?. The Kier molecular flexibility index (Phi) is 10.3. The van der Waals surface area contributed by atoms with Crippen molar-refractivity contribution >= 4 is 29.3 Å². The van der Waals surface area contributed by atoms with Gasteiger partial charge in [0.1, 0.15) is 0 Å². The molecule has 0 aliphatic heterocycles. The van der Waals surface area contributed by atoms with Gasteiger partial charge in [0.2, 0.25) is 5.91 Å². The summed E-state index contributed by atoms with van der Waals surface area (Å²) in [4.78, 5) is 42.6. The van der Waals surface area contributed by atoms with E-state index in [0.29, 0.717) is 11.1 Å². The summed E-state index contributed by atoms with van der Waals surface area (Å²) in [6.07, 6.45) is 8.88. The van der Waals surface area contributed by atoms with E-state index in [2.05, 4.69) is 40.6 Å². The lowest BCUT2D eigenvalue weighted by Crippen LogP contribution is -2.42. The van der Waals surface area contributed by atoms with E-state index in [1.807, 2.05) is 39.0 Å². The van der Waals surface area contributed by atoms with Crippen LogP contribution < -0.4 is 21.1 Å². The van der Waals surface area contributed by atoms with Crippen LogP contribution in [0.2, 0.25) is 0 Å². The van der Waals surface area contributed by atoms with Crippen molar-refractivity contribution in [2.75, 3.05) is 11.9 Å². The number of aromatic nitrogens is 1. The van der Waals surface area contributed by atoms with Gasteiger partial charge in [0.15, 0.2) is 0 Å². The highest BCUT2D eigenvalue weighted by atomic mass is 16.2. The number of rotatable bonds is 10. The van der Waals surface area contributed by atoms with Crippen LogP contribution in [0.3, 0.4) is 0 Å². The number of amides is 2. The zero-order valence-corrected chi connectivity index (χ0v) is 24.2. The molecule has 2 amide bonds. The van der Waals surface area contributed by atoms with Gasteiger partial charge >= 0.3 is 0 Å². The highest BCUT2D eigenvalue weighted by Gasteiger charge is 2.27. The van der Waals surface area contributed by atoms with Crippen LogP contribution in [0.1, 0.15) is 90.7 Å². The van der Waals surface area contributed by atoms with Crippen molar-refractivity contribution in [3.63, 3.8) is 0 Å². The smallest absolute Gasteiger partial charge is 0.253 e. The molecular formula is C31H43N5O3. The average molecular weight is 534 g/mol. The Balaban J connectivity index is 1.94. The maximum atomic E-state index is 13.5. The van der Waals surface area contributed by atoms with Gasteiger partial charge in [0, 0.05) is 61.3 Å². The summed E-state index contributed by atoms with van der Waals surface area (Å²) in [6.45, 7) is 9.45. The minimum Gasteiger partial charge on any atom is -0.371 e. The summed E-state index contributed by atoms with van der Waals surface area (Å²) in [7, 11) is 2.06. The van der Waals surface area contributed by atoms with E-state index in [1.165, 1.54) is 6.21 Å². The topological polar surface area (TPSA) is 118 Å². The van der Waals surface area contributed by atoms with Gasteiger partial charge < -0.3 is 25.9 Å². The molecule has 0 saturated heterocycles. The third kappa shape index (κ3) is 7.46. The second kappa shape index (κ2) is 13.4. The van der Waals surface area contributed by atoms with E-state index in [1.54, 1.807) is 6.92 Å². The second-order valence-electron chi connectivity index (χ2n) is 10.7. The molecule has 2 aromatic rings. The molecular weight excluding hydrogens is 490 g/mol. The van der Waals surface area contributed by atoms with Gasteiger partial charge in [-0.2, -0.15) is 0 Å². The maximum absolute atomic E-state index is 13.5. The first kappa shape index (κ1) is 29.9. The van der Waals surface area contributed by atoms with Gasteiger partial charge in [-0.05, 0) is 93.3 Å². The third-order valence-electron chi connectivity index (χ3n) is 7.72. The van der Waals surface area contributed by atoms with Crippen molar-refractivity contribution in [1.29, 1.82) is 5.41 Å². The summed E-state index contributed by atoms with van der Waals surface area (Å²) >= 11 is 0. The van der Waals surface area contributed by atoms with Gasteiger partial charge in [-0.3, -0.25) is 14.4 Å². The summed E-state index contributed by atoms with van der Waals surface area (Å²) in [5.41, 5.74) is 5.92. The molecule has 1 aromatic heterocycles. The second-order valence-corrected chi connectivity index (χ2v) is 10.7. The number of nitrogens with one attached hydrogen (secondary N) is 4. The van der Waals surface area contributed by atoms with Gasteiger partial charge in [-0.15, -0.1) is 0 Å². The predicted octanol–water partition coefficient (Wildman–Crippen LogP) is 4.95. The zero-order chi connectivity index (χ0) is 28.7. The van der Waals surface area contributed by atoms with Crippen LogP contribution in [0.15, 0.2) is 29.1 Å². The summed E-state index contributed by atoms with van der Waals surface area (Å²) in [5, 5.41) is 14.0. The van der Waals surface area contributed by atoms with Crippen LogP contribution >= 0.6 is 0 Å². The fourth-order valence-electron chi connectivity index (χ4n) is 5.48. The SMILES string of the molecule is CCC/C=C(\C=N)c1cc(C(=O)NCc2c(C)cc(C)[nH]c2=O)c(C)c(N(C)C2CCC(NC(C)=O)CC2)c1. The maximum Gasteiger partial charge on any atom is 0.253 e. The molecule has 0 spiro atoms. The van der Waals surface area contributed by atoms with Crippen LogP contribution in [-0.4, -0.2) is 42.1 Å². The monoisotopic (exact) mass is 533 g/mol. The number of hydrogen-bond acceptors (Lipinski definition) is 5. The molecule has 1 saturated carbocycles. The molecule has 39 heavy (non-hydrogen) atoms. The molecule has 1 aliphatic rings. The van der Waals surface area contributed by atoms with Crippen molar-refractivity contribution in [2.24, 2.45) is 0 Å². The van der Waals surface area contributed by atoms with E-state index in [0.717, 1.165) is 72.2 Å². The Bertz CT molecular complexity index is 1300. The Labute approximate surface area is 231 Å². The van der Waals surface area contributed by atoms with Crippen LogP contribution in [0.4, 0.5) is 5.69 Å². The summed E-state index contributed by atoms with van der Waals surface area (Å²) in [5.74, 6) is -0.246. The first-order chi connectivity index (χ1) is 18.5. The van der Waals surface area contributed by atoms with Gasteiger partial charge in [-0.25, -0.2) is 0 Å². The summed E-state index contributed by atoms with van der Waals surface area (Å²) < 4.78 is 0. The first-order valence-electron chi connectivity index (χ1n) is 13.9.